The minimum absolute atomic E-state index is 0.0836. The molecule has 0 saturated heterocycles. The lowest BCUT2D eigenvalue weighted by molar-refractivity contribution is -0.121. The molecule has 0 heterocycles. The van der Waals surface area contributed by atoms with Gasteiger partial charge < -0.3 is 21.3 Å². The average molecular weight is 575 g/mol. The Morgan fingerprint density at radius 1 is 0.475 bits per heavy atom. The van der Waals surface area contributed by atoms with Gasteiger partial charge in [-0.2, -0.15) is 0 Å². The molecular weight excluding hydrogens is 551 g/mol. The molecule has 202 valence electrons. The van der Waals surface area contributed by atoms with Crippen molar-refractivity contribution in [3.63, 3.8) is 0 Å². The number of anilines is 4. The average Bonchev–Trinajstić information content (AvgIpc) is 2.92. The number of benzene rings is 4. The molecule has 0 atom stereocenters. The Kier molecular flexibility index (Phi) is 9.51. The van der Waals surface area contributed by atoms with Gasteiger partial charge in [-0.3, -0.25) is 19.2 Å². The van der Waals surface area contributed by atoms with Crippen molar-refractivity contribution in [1.82, 2.24) is 0 Å². The number of halogens is 2. The van der Waals surface area contributed by atoms with Gasteiger partial charge in [-0.15, -0.1) is 0 Å². The van der Waals surface area contributed by atoms with Crippen LogP contribution >= 0.6 is 23.2 Å². The number of rotatable bonds is 9. The zero-order valence-corrected chi connectivity index (χ0v) is 22.6. The van der Waals surface area contributed by atoms with Crippen LogP contribution in [0.5, 0.6) is 0 Å². The highest BCUT2D eigenvalue weighted by Crippen LogP contribution is 2.19. The third-order valence-electron chi connectivity index (χ3n) is 5.56. The third kappa shape index (κ3) is 8.42. The first-order valence-electron chi connectivity index (χ1n) is 12.2. The van der Waals surface area contributed by atoms with Gasteiger partial charge in [0.05, 0.1) is 0 Å². The van der Waals surface area contributed by atoms with Crippen molar-refractivity contribution in [3.05, 3.63) is 118 Å². The fraction of sp³-hybridized carbons (Fsp3) is 0.0667. The first kappa shape index (κ1) is 28.4. The Balaban J connectivity index is 1.27. The molecule has 0 aliphatic carbocycles. The first-order valence-corrected chi connectivity index (χ1v) is 12.9. The molecule has 0 bridgehead atoms. The van der Waals surface area contributed by atoms with E-state index in [-0.39, 0.29) is 24.7 Å². The van der Waals surface area contributed by atoms with E-state index in [1.165, 1.54) is 12.1 Å². The van der Waals surface area contributed by atoms with Crippen LogP contribution in [-0.4, -0.2) is 23.6 Å². The molecule has 0 aromatic heterocycles. The Labute approximate surface area is 240 Å². The molecule has 0 radical (unpaired) electrons. The number of amides is 4. The summed E-state index contributed by atoms with van der Waals surface area (Å²) in [4.78, 5) is 50.0. The van der Waals surface area contributed by atoms with Crippen LogP contribution in [0.4, 0.5) is 22.7 Å². The Morgan fingerprint density at radius 2 is 0.825 bits per heavy atom. The summed E-state index contributed by atoms with van der Waals surface area (Å²) in [7, 11) is 0. The predicted octanol–water partition coefficient (Wildman–Crippen LogP) is 6.86. The number of carbonyl (C=O) groups is 4. The van der Waals surface area contributed by atoms with E-state index in [9.17, 15) is 19.2 Å². The largest absolute Gasteiger partial charge is 0.326 e. The molecule has 4 N–H and O–H groups in total. The van der Waals surface area contributed by atoms with Crippen LogP contribution in [0.3, 0.4) is 0 Å². The van der Waals surface area contributed by atoms with E-state index in [0.717, 1.165) is 0 Å². The van der Waals surface area contributed by atoms with Crippen LogP contribution in [0.1, 0.15) is 33.6 Å². The van der Waals surface area contributed by atoms with Gasteiger partial charge in [-0.25, -0.2) is 0 Å². The van der Waals surface area contributed by atoms with Gasteiger partial charge in [-0.05, 0) is 72.8 Å². The van der Waals surface area contributed by atoms with Gasteiger partial charge in [0.2, 0.25) is 11.8 Å². The highest BCUT2D eigenvalue weighted by atomic mass is 35.5. The SMILES string of the molecule is O=C(CCC(=O)Nc1cccc(C(=O)Nc2cccc(Cl)c2)c1)Nc1cccc(C(=O)Nc2cccc(Cl)c2)c1. The lowest BCUT2D eigenvalue weighted by Gasteiger charge is -2.10. The number of carbonyl (C=O) groups excluding carboxylic acids is 4. The molecule has 0 aliphatic heterocycles. The van der Waals surface area contributed by atoms with Gasteiger partial charge in [0, 0.05) is 56.8 Å². The Morgan fingerprint density at radius 3 is 1.20 bits per heavy atom. The zero-order valence-electron chi connectivity index (χ0n) is 21.0. The van der Waals surface area contributed by atoms with E-state index in [1.807, 2.05) is 0 Å². The van der Waals surface area contributed by atoms with Crippen molar-refractivity contribution in [3.8, 4) is 0 Å². The van der Waals surface area contributed by atoms with Crippen molar-refractivity contribution >= 4 is 69.6 Å². The molecule has 0 unspecified atom stereocenters. The Bertz CT molecular complexity index is 1460. The fourth-order valence-corrected chi connectivity index (χ4v) is 4.07. The molecule has 4 aromatic rings. The van der Waals surface area contributed by atoms with Gasteiger partial charge in [-0.1, -0.05) is 47.5 Å². The van der Waals surface area contributed by atoms with Gasteiger partial charge in [0.1, 0.15) is 0 Å². The Hall–Kier alpha value is -4.66. The second-order valence-corrected chi connectivity index (χ2v) is 9.56. The summed E-state index contributed by atoms with van der Waals surface area (Å²) in [5.41, 5.74) is 2.62. The van der Waals surface area contributed by atoms with E-state index in [0.29, 0.717) is 43.9 Å². The molecule has 8 nitrogen and oxygen atoms in total. The lowest BCUT2D eigenvalue weighted by atomic mass is 10.1. The minimum Gasteiger partial charge on any atom is -0.326 e. The van der Waals surface area contributed by atoms with E-state index >= 15 is 0 Å². The predicted molar refractivity (Wildman–Crippen MR) is 158 cm³/mol. The molecule has 40 heavy (non-hydrogen) atoms. The minimum atomic E-state index is -0.391. The molecule has 4 rings (SSSR count). The van der Waals surface area contributed by atoms with Crippen LogP contribution < -0.4 is 21.3 Å². The molecule has 10 heteroatoms. The zero-order chi connectivity index (χ0) is 28.5. The highest BCUT2D eigenvalue weighted by molar-refractivity contribution is 6.31. The van der Waals surface area contributed by atoms with E-state index in [1.54, 1.807) is 84.9 Å². The molecule has 4 amide bonds. The van der Waals surface area contributed by atoms with Crippen molar-refractivity contribution in [1.29, 1.82) is 0 Å². The third-order valence-corrected chi connectivity index (χ3v) is 6.03. The van der Waals surface area contributed by atoms with Crippen molar-refractivity contribution < 1.29 is 19.2 Å². The first-order chi connectivity index (χ1) is 19.2. The second kappa shape index (κ2) is 13.4. The summed E-state index contributed by atoms with van der Waals surface area (Å²) < 4.78 is 0. The molecule has 4 aromatic carbocycles. The van der Waals surface area contributed by atoms with E-state index in [4.69, 9.17) is 23.2 Å². The van der Waals surface area contributed by atoms with Crippen LogP contribution in [0.2, 0.25) is 10.0 Å². The fourth-order valence-electron chi connectivity index (χ4n) is 3.69. The normalized spacial score (nSPS) is 10.3. The van der Waals surface area contributed by atoms with Gasteiger partial charge >= 0.3 is 0 Å². The summed E-state index contributed by atoms with van der Waals surface area (Å²) in [5.74, 6) is -1.50. The van der Waals surface area contributed by atoms with Gasteiger partial charge in [0.15, 0.2) is 0 Å². The second-order valence-electron chi connectivity index (χ2n) is 8.69. The lowest BCUT2D eigenvalue weighted by Crippen LogP contribution is -2.18. The summed E-state index contributed by atoms with van der Waals surface area (Å²) in [6.07, 6.45) is -0.167. The van der Waals surface area contributed by atoms with Gasteiger partial charge in [0.25, 0.3) is 11.8 Å². The maximum Gasteiger partial charge on any atom is 0.255 e. The molecule has 0 aliphatic rings. The maximum atomic E-state index is 12.6. The van der Waals surface area contributed by atoms with Crippen LogP contribution in [0.15, 0.2) is 97.1 Å². The van der Waals surface area contributed by atoms with E-state index < -0.39 is 11.8 Å². The standard InChI is InChI=1S/C30H24Cl2N4O4/c31-21-7-3-11-25(17-21)35-29(39)19-5-1-9-23(15-19)33-27(37)13-14-28(38)34-24-10-2-6-20(16-24)30(40)36-26-12-4-8-22(32)18-26/h1-12,15-18H,13-14H2,(H,33,37)(H,34,38)(H,35,39)(H,36,40). The van der Waals surface area contributed by atoms with E-state index in [2.05, 4.69) is 21.3 Å². The number of nitrogens with one attached hydrogen (secondary N) is 4. The molecule has 0 fully saturated rings. The maximum absolute atomic E-state index is 12.6. The van der Waals surface area contributed by atoms with Crippen molar-refractivity contribution in [2.75, 3.05) is 21.3 Å². The number of hydrogen-bond donors (Lipinski definition) is 4. The summed E-state index contributed by atoms with van der Waals surface area (Å²) in [6.45, 7) is 0. The molecular formula is C30H24Cl2N4O4. The van der Waals surface area contributed by atoms with Crippen LogP contribution in [-0.2, 0) is 9.59 Å². The van der Waals surface area contributed by atoms with Crippen molar-refractivity contribution in [2.24, 2.45) is 0 Å². The van der Waals surface area contributed by atoms with Crippen molar-refractivity contribution in [2.45, 2.75) is 12.8 Å². The number of hydrogen-bond acceptors (Lipinski definition) is 4. The monoisotopic (exact) mass is 574 g/mol. The quantitative estimate of drug-likeness (QED) is 0.175. The smallest absolute Gasteiger partial charge is 0.255 e. The highest BCUT2D eigenvalue weighted by Gasteiger charge is 2.12. The van der Waals surface area contributed by atoms with Crippen LogP contribution in [0.25, 0.3) is 0 Å². The molecule has 0 spiro atoms. The summed E-state index contributed by atoms with van der Waals surface area (Å²) >= 11 is 11.9. The summed E-state index contributed by atoms with van der Waals surface area (Å²) in [5, 5.41) is 11.9. The molecule has 0 saturated carbocycles. The topological polar surface area (TPSA) is 116 Å². The summed E-state index contributed by atoms with van der Waals surface area (Å²) in [6, 6.07) is 26.4. The van der Waals surface area contributed by atoms with Crippen LogP contribution in [0, 0.1) is 0 Å².